The van der Waals surface area contributed by atoms with Crippen LogP contribution in [-0.2, 0) is 4.79 Å². The second-order valence-corrected chi connectivity index (χ2v) is 3.96. The third kappa shape index (κ3) is 0.556. The van der Waals surface area contributed by atoms with Crippen molar-refractivity contribution < 1.29 is 4.79 Å². The van der Waals surface area contributed by atoms with Gasteiger partial charge in [-0.2, -0.15) is 0 Å². The summed E-state index contributed by atoms with van der Waals surface area (Å²) in [4.78, 5) is 11.0. The van der Waals surface area contributed by atoms with Crippen molar-refractivity contribution in [3.05, 3.63) is 11.6 Å². The Balaban J connectivity index is 2.29. The van der Waals surface area contributed by atoms with E-state index in [2.05, 4.69) is 19.9 Å². The van der Waals surface area contributed by atoms with E-state index in [1.54, 1.807) is 0 Å². The molecule has 0 amide bonds. The van der Waals surface area contributed by atoms with Gasteiger partial charge >= 0.3 is 0 Å². The molecule has 0 aromatic heterocycles. The molecule has 0 heterocycles. The number of fused-ring (bicyclic) bond motifs is 1. The summed E-state index contributed by atoms with van der Waals surface area (Å²) in [6.07, 6.45) is 4.10. The van der Waals surface area contributed by atoms with Crippen LogP contribution in [0.15, 0.2) is 11.6 Å². The van der Waals surface area contributed by atoms with Gasteiger partial charge in [0.1, 0.15) is 5.78 Å². The monoisotopic (exact) mass is 136 g/mol. The Morgan fingerprint density at radius 3 is 2.70 bits per heavy atom. The maximum absolute atomic E-state index is 11.0. The van der Waals surface area contributed by atoms with Crippen molar-refractivity contribution >= 4 is 5.78 Å². The molecule has 2 aliphatic carbocycles. The topological polar surface area (TPSA) is 17.1 Å². The number of rotatable bonds is 0. The molecule has 0 spiro atoms. The summed E-state index contributed by atoms with van der Waals surface area (Å²) in [5.74, 6) is 0.729. The quantitative estimate of drug-likeness (QED) is 0.465. The normalized spacial score (nSPS) is 44.4. The lowest BCUT2D eigenvalue weighted by atomic mass is 9.62. The molecule has 2 atom stereocenters. The fraction of sp³-hybridized carbons (Fsp3) is 0.667. The maximum Gasteiger partial charge on any atom is 0.140 e. The number of hydrogen-bond donors (Lipinski definition) is 0. The lowest BCUT2D eigenvalue weighted by Crippen LogP contribution is -2.42. The first-order valence-electron chi connectivity index (χ1n) is 3.82. The first-order valence-corrected chi connectivity index (χ1v) is 3.82. The largest absolute Gasteiger partial charge is 0.299 e. The van der Waals surface area contributed by atoms with Crippen LogP contribution < -0.4 is 0 Å². The van der Waals surface area contributed by atoms with Crippen molar-refractivity contribution in [2.75, 3.05) is 0 Å². The van der Waals surface area contributed by atoms with Crippen LogP contribution in [0.3, 0.4) is 0 Å². The summed E-state index contributed by atoms with van der Waals surface area (Å²) in [6, 6.07) is 0. The van der Waals surface area contributed by atoms with Crippen molar-refractivity contribution in [3.63, 3.8) is 0 Å². The zero-order chi connectivity index (χ0) is 7.35. The minimum atomic E-state index is 0.285. The van der Waals surface area contributed by atoms with Crippen molar-refractivity contribution in [3.8, 4) is 0 Å². The third-order valence-corrected chi connectivity index (χ3v) is 2.81. The molecule has 0 unspecified atom stereocenters. The van der Waals surface area contributed by atoms with E-state index in [-0.39, 0.29) is 5.92 Å². The van der Waals surface area contributed by atoms with Gasteiger partial charge in [0.05, 0.1) is 0 Å². The summed E-state index contributed by atoms with van der Waals surface area (Å²) in [5, 5.41) is 0. The summed E-state index contributed by atoms with van der Waals surface area (Å²) >= 11 is 0. The van der Waals surface area contributed by atoms with Gasteiger partial charge in [0, 0.05) is 12.3 Å². The number of allylic oxidation sites excluding steroid dienone is 2. The van der Waals surface area contributed by atoms with E-state index in [1.165, 1.54) is 5.57 Å². The highest BCUT2D eigenvalue weighted by Crippen LogP contribution is 2.53. The zero-order valence-electron chi connectivity index (χ0n) is 6.48. The van der Waals surface area contributed by atoms with E-state index in [0.717, 1.165) is 12.8 Å². The summed E-state index contributed by atoms with van der Waals surface area (Å²) in [7, 11) is 0. The van der Waals surface area contributed by atoms with Crippen molar-refractivity contribution in [2.24, 2.45) is 11.3 Å². The molecule has 1 saturated carbocycles. The van der Waals surface area contributed by atoms with Gasteiger partial charge in [0.2, 0.25) is 0 Å². The summed E-state index contributed by atoms with van der Waals surface area (Å²) in [5.41, 5.74) is 1.74. The van der Waals surface area contributed by atoms with Gasteiger partial charge < -0.3 is 0 Å². The Morgan fingerprint density at radius 2 is 2.30 bits per heavy atom. The van der Waals surface area contributed by atoms with E-state index in [1.807, 2.05) is 0 Å². The van der Waals surface area contributed by atoms with Crippen molar-refractivity contribution in [1.29, 1.82) is 0 Å². The highest BCUT2D eigenvalue weighted by atomic mass is 16.1. The SMILES string of the molecule is CC1=C[C@@H]2C(=O)C[C@]2(C)C1. The molecule has 0 aliphatic heterocycles. The minimum absolute atomic E-state index is 0.285. The molecule has 0 aromatic carbocycles. The highest BCUT2D eigenvalue weighted by molar-refractivity contribution is 5.91. The minimum Gasteiger partial charge on any atom is -0.299 e. The Morgan fingerprint density at radius 1 is 1.60 bits per heavy atom. The van der Waals surface area contributed by atoms with Crippen LogP contribution in [0.2, 0.25) is 0 Å². The van der Waals surface area contributed by atoms with Crippen LogP contribution >= 0.6 is 0 Å². The van der Waals surface area contributed by atoms with E-state index < -0.39 is 0 Å². The lowest BCUT2D eigenvalue weighted by Gasteiger charge is -2.40. The van der Waals surface area contributed by atoms with Crippen LogP contribution in [-0.4, -0.2) is 5.78 Å². The van der Waals surface area contributed by atoms with E-state index in [0.29, 0.717) is 11.2 Å². The van der Waals surface area contributed by atoms with Gasteiger partial charge in [-0.25, -0.2) is 0 Å². The molecule has 1 nitrogen and oxygen atoms in total. The highest BCUT2D eigenvalue weighted by Gasteiger charge is 2.51. The summed E-state index contributed by atoms with van der Waals surface area (Å²) < 4.78 is 0. The van der Waals surface area contributed by atoms with Crippen LogP contribution in [0, 0.1) is 11.3 Å². The second kappa shape index (κ2) is 1.52. The first-order chi connectivity index (χ1) is 4.62. The van der Waals surface area contributed by atoms with Gasteiger partial charge in [-0.1, -0.05) is 18.6 Å². The second-order valence-electron chi connectivity index (χ2n) is 3.96. The Bertz CT molecular complexity index is 227. The Hall–Kier alpha value is -0.590. The molecule has 1 fully saturated rings. The number of hydrogen-bond acceptors (Lipinski definition) is 1. The van der Waals surface area contributed by atoms with Crippen LogP contribution in [0.25, 0.3) is 0 Å². The molecule has 2 rings (SSSR count). The zero-order valence-corrected chi connectivity index (χ0v) is 6.48. The molecular weight excluding hydrogens is 124 g/mol. The molecule has 54 valence electrons. The molecule has 2 aliphatic rings. The number of Topliss-reactive ketones (excluding diaryl/α,β-unsaturated/α-hetero) is 1. The molecule has 0 bridgehead atoms. The van der Waals surface area contributed by atoms with Crippen LogP contribution in [0.5, 0.6) is 0 Å². The van der Waals surface area contributed by atoms with Gasteiger partial charge in [-0.15, -0.1) is 0 Å². The third-order valence-electron chi connectivity index (χ3n) is 2.81. The van der Waals surface area contributed by atoms with E-state index in [9.17, 15) is 4.79 Å². The van der Waals surface area contributed by atoms with Gasteiger partial charge in [0.15, 0.2) is 0 Å². The first kappa shape index (κ1) is 6.14. The van der Waals surface area contributed by atoms with Gasteiger partial charge in [-0.05, 0) is 18.8 Å². The van der Waals surface area contributed by atoms with Crippen LogP contribution in [0.1, 0.15) is 26.7 Å². The lowest BCUT2D eigenvalue weighted by molar-refractivity contribution is -0.136. The standard InChI is InChI=1S/C9H12O/c1-6-3-7-8(10)5-9(7,2)4-6/h3,7H,4-5H2,1-2H3/t7-,9+/m1/s1. The van der Waals surface area contributed by atoms with E-state index >= 15 is 0 Å². The maximum atomic E-state index is 11.0. The van der Waals surface area contributed by atoms with Crippen molar-refractivity contribution in [2.45, 2.75) is 26.7 Å². The average molecular weight is 136 g/mol. The average Bonchev–Trinajstić information content (AvgIpc) is 2.03. The molecular formula is C9H12O. The smallest absolute Gasteiger partial charge is 0.140 e. The molecule has 0 aromatic rings. The van der Waals surface area contributed by atoms with Crippen molar-refractivity contribution in [1.82, 2.24) is 0 Å². The summed E-state index contributed by atoms with van der Waals surface area (Å²) in [6.45, 7) is 4.34. The molecule has 1 heteroatoms. The number of carbonyl (C=O) groups is 1. The van der Waals surface area contributed by atoms with Gasteiger partial charge in [-0.3, -0.25) is 4.79 Å². The molecule has 0 radical (unpaired) electrons. The Labute approximate surface area is 61.1 Å². The predicted octanol–water partition coefficient (Wildman–Crippen LogP) is 1.93. The number of ketones is 1. The molecule has 10 heavy (non-hydrogen) atoms. The van der Waals surface area contributed by atoms with Gasteiger partial charge in [0.25, 0.3) is 0 Å². The predicted molar refractivity (Wildman–Crippen MR) is 39.6 cm³/mol. The molecule has 0 saturated heterocycles. The Kier molecular flexibility index (Phi) is 0.936. The number of carbonyl (C=O) groups excluding carboxylic acids is 1. The van der Waals surface area contributed by atoms with Crippen LogP contribution in [0.4, 0.5) is 0 Å². The van der Waals surface area contributed by atoms with E-state index in [4.69, 9.17) is 0 Å². The fourth-order valence-electron chi connectivity index (χ4n) is 2.32. The molecule has 0 N–H and O–H groups in total. The fourth-order valence-corrected chi connectivity index (χ4v) is 2.32.